The largest absolute Gasteiger partial charge is 0.477 e. The fourth-order valence-corrected chi connectivity index (χ4v) is 1.71. The molecule has 2 rings (SSSR count). The van der Waals surface area contributed by atoms with Crippen molar-refractivity contribution in [2.24, 2.45) is 0 Å². The van der Waals surface area contributed by atoms with E-state index in [0.717, 1.165) is 0 Å². The molecule has 1 aromatic heterocycles. The van der Waals surface area contributed by atoms with E-state index in [9.17, 15) is 9.59 Å². The summed E-state index contributed by atoms with van der Waals surface area (Å²) in [4.78, 5) is 29.0. The molecule has 2 N–H and O–H groups in total. The van der Waals surface area contributed by atoms with Gasteiger partial charge in [0.25, 0.3) is 5.56 Å². The van der Waals surface area contributed by atoms with Crippen molar-refractivity contribution in [1.29, 1.82) is 0 Å². The Bertz CT molecular complexity index is 662. The Balaban J connectivity index is 2.58. The van der Waals surface area contributed by atoms with Crippen LogP contribution in [-0.4, -0.2) is 21.0 Å². The first-order valence-electron chi connectivity index (χ1n) is 5.09. The number of benzene rings is 1. The van der Waals surface area contributed by atoms with Crippen molar-refractivity contribution in [3.63, 3.8) is 0 Å². The van der Waals surface area contributed by atoms with Crippen LogP contribution in [0.2, 0.25) is 5.02 Å². The van der Waals surface area contributed by atoms with Crippen LogP contribution in [0.5, 0.6) is 0 Å². The number of nitrogens with one attached hydrogen (secondary N) is 1. The molecule has 0 bridgehead atoms. The molecular formula is C12H9ClN2O3. The summed E-state index contributed by atoms with van der Waals surface area (Å²) >= 11 is 5.76. The first kappa shape index (κ1) is 12.3. The normalized spacial score (nSPS) is 10.3. The van der Waals surface area contributed by atoms with Crippen LogP contribution in [0, 0.1) is 6.92 Å². The summed E-state index contributed by atoms with van der Waals surface area (Å²) in [6.45, 7) is 1.48. The number of halogens is 1. The van der Waals surface area contributed by atoms with Crippen LogP contribution < -0.4 is 5.56 Å². The van der Waals surface area contributed by atoms with Gasteiger partial charge in [0, 0.05) is 10.6 Å². The lowest BCUT2D eigenvalue weighted by molar-refractivity contribution is 0.0693. The van der Waals surface area contributed by atoms with Crippen LogP contribution >= 0.6 is 11.6 Å². The van der Waals surface area contributed by atoms with Crippen LogP contribution in [0.4, 0.5) is 0 Å². The number of hydrogen-bond donors (Lipinski definition) is 2. The summed E-state index contributed by atoms with van der Waals surface area (Å²) in [5, 5.41) is 9.44. The maximum atomic E-state index is 11.6. The highest BCUT2D eigenvalue weighted by atomic mass is 35.5. The Morgan fingerprint density at radius 1 is 1.33 bits per heavy atom. The van der Waals surface area contributed by atoms with Crippen molar-refractivity contribution in [2.45, 2.75) is 6.92 Å². The van der Waals surface area contributed by atoms with Crippen molar-refractivity contribution in [1.82, 2.24) is 9.97 Å². The molecular weight excluding hydrogens is 256 g/mol. The third-order valence-electron chi connectivity index (χ3n) is 2.43. The van der Waals surface area contributed by atoms with Gasteiger partial charge in [0.1, 0.15) is 11.4 Å². The number of aryl methyl sites for hydroxylation is 1. The fraction of sp³-hybridized carbons (Fsp3) is 0.0833. The smallest absolute Gasteiger partial charge is 0.343 e. The van der Waals surface area contributed by atoms with Crippen molar-refractivity contribution < 1.29 is 9.90 Å². The van der Waals surface area contributed by atoms with Crippen LogP contribution in [-0.2, 0) is 0 Å². The van der Waals surface area contributed by atoms with Crippen molar-refractivity contribution in [2.75, 3.05) is 0 Å². The lowest BCUT2D eigenvalue weighted by Gasteiger charge is -2.04. The summed E-state index contributed by atoms with van der Waals surface area (Å²) in [5.41, 5.74) is -0.166. The van der Waals surface area contributed by atoms with E-state index < -0.39 is 11.5 Å². The van der Waals surface area contributed by atoms with E-state index in [0.29, 0.717) is 16.4 Å². The molecule has 2 aromatic rings. The zero-order chi connectivity index (χ0) is 13.3. The minimum atomic E-state index is -1.29. The quantitative estimate of drug-likeness (QED) is 0.870. The number of carboxylic acid groups (broad SMARTS) is 1. The van der Waals surface area contributed by atoms with Gasteiger partial charge in [-0.15, -0.1) is 0 Å². The van der Waals surface area contributed by atoms with Crippen LogP contribution in [0.3, 0.4) is 0 Å². The van der Waals surface area contributed by atoms with Crippen molar-refractivity contribution in [3.05, 3.63) is 50.9 Å². The number of aromatic carboxylic acids is 1. The summed E-state index contributed by atoms with van der Waals surface area (Å²) in [6.07, 6.45) is 0. The molecule has 0 aliphatic rings. The minimum absolute atomic E-state index is 0.177. The van der Waals surface area contributed by atoms with Crippen LogP contribution in [0.25, 0.3) is 11.4 Å². The van der Waals surface area contributed by atoms with E-state index in [-0.39, 0.29) is 11.3 Å². The lowest BCUT2D eigenvalue weighted by Crippen LogP contribution is -2.21. The molecule has 0 radical (unpaired) electrons. The third kappa shape index (κ3) is 2.26. The second-order valence-electron chi connectivity index (χ2n) is 3.69. The van der Waals surface area contributed by atoms with Crippen molar-refractivity contribution >= 4 is 17.6 Å². The molecule has 0 saturated heterocycles. The highest BCUT2D eigenvalue weighted by Gasteiger charge is 2.15. The Hall–Kier alpha value is -2.14. The second kappa shape index (κ2) is 4.62. The summed E-state index contributed by atoms with van der Waals surface area (Å²) in [6, 6.07) is 6.72. The van der Waals surface area contributed by atoms with E-state index in [1.807, 2.05) is 0 Å². The van der Waals surface area contributed by atoms with Crippen molar-refractivity contribution in [3.8, 4) is 11.4 Å². The van der Waals surface area contributed by atoms with Gasteiger partial charge in [-0.1, -0.05) is 11.6 Å². The number of rotatable bonds is 2. The maximum absolute atomic E-state index is 11.6. The van der Waals surface area contributed by atoms with Gasteiger partial charge in [-0.05, 0) is 31.2 Å². The molecule has 0 saturated carbocycles. The molecule has 0 atom stereocenters. The molecule has 0 unspecified atom stereocenters. The van der Waals surface area contributed by atoms with Gasteiger partial charge >= 0.3 is 5.97 Å². The molecule has 1 aromatic carbocycles. The zero-order valence-electron chi connectivity index (χ0n) is 9.40. The maximum Gasteiger partial charge on any atom is 0.343 e. The summed E-state index contributed by atoms with van der Waals surface area (Å²) in [7, 11) is 0. The monoisotopic (exact) mass is 264 g/mol. The number of hydrogen-bond acceptors (Lipinski definition) is 3. The van der Waals surface area contributed by atoms with Crippen LogP contribution in [0.15, 0.2) is 29.1 Å². The first-order chi connectivity index (χ1) is 8.49. The first-order valence-corrected chi connectivity index (χ1v) is 5.47. The number of H-pyrrole nitrogens is 1. The van der Waals surface area contributed by atoms with E-state index in [1.165, 1.54) is 6.92 Å². The predicted molar refractivity (Wildman–Crippen MR) is 67.0 cm³/mol. The molecule has 1 heterocycles. The Kier molecular flexibility index (Phi) is 3.16. The second-order valence-corrected chi connectivity index (χ2v) is 4.12. The Morgan fingerprint density at radius 3 is 2.44 bits per heavy atom. The van der Waals surface area contributed by atoms with E-state index >= 15 is 0 Å². The molecule has 6 heteroatoms. The number of aromatic amines is 1. The molecule has 18 heavy (non-hydrogen) atoms. The Morgan fingerprint density at radius 2 is 1.94 bits per heavy atom. The lowest BCUT2D eigenvalue weighted by atomic mass is 10.2. The fourth-order valence-electron chi connectivity index (χ4n) is 1.58. The van der Waals surface area contributed by atoms with Gasteiger partial charge in [0.05, 0.1) is 5.69 Å². The van der Waals surface area contributed by atoms with Gasteiger partial charge in [-0.25, -0.2) is 9.78 Å². The number of nitrogens with zero attached hydrogens (tertiary/aromatic N) is 1. The van der Waals surface area contributed by atoms with Gasteiger partial charge in [-0.3, -0.25) is 4.79 Å². The highest BCUT2D eigenvalue weighted by Crippen LogP contribution is 2.17. The molecule has 92 valence electrons. The molecule has 0 fully saturated rings. The summed E-state index contributed by atoms with van der Waals surface area (Å²) < 4.78 is 0. The Labute approximate surface area is 107 Å². The average Bonchev–Trinajstić information content (AvgIpc) is 2.28. The number of carbonyl (C=O) groups is 1. The number of carboxylic acids is 1. The summed E-state index contributed by atoms with van der Waals surface area (Å²) in [5.74, 6) is -0.969. The van der Waals surface area contributed by atoms with Gasteiger partial charge in [-0.2, -0.15) is 0 Å². The van der Waals surface area contributed by atoms with E-state index in [2.05, 4.69) is 9.97 Å². The molecule has 0 spiro atoms. The highest BCUT2D eigenvalue weighted by molar-refractivity contribution is 6.30. The van der Waals surface area contributed by atoms with Gasteiger partial charge in [0.2, 0.25) is 0 Å². The topological polar surface area (TPSA) is 83.0 Å². The zero-order valence-corrected chi connectivity index (χ0v) is 10.2. The van der Waals surface area contributed by atoms with E-state index in [1.54, 1.807) is 24.3 Å². The SMILES string of the molecule is Cc1nc(-c2ccc(Cl)cc2)[nH]c(=O)c1C(=O)O. The van der Waals surface area contributed by atoms with Crippen LogP contribution in [0.1, 0.15) is 16.1 Å². The third-order valence-corrected chi connectivity index (χ3v) is 2.68. The molecule has 0 aliphatic heterocycles. The molecule has 0 aliphatic carbocycles. The standard InChI is InChI=1S/C12H9ClN2O3/c1-6-9(12(17)18)11(16)15-10(14-6)7-2-4-8(13)5-3-7/h2-5H,1H3,(H,17,18)(H,14,15,16). The van der Waals surface area contributed by atoms with Gasteiger partial charge < -0.3 is 10.1 Å². The molecule has 0 amide bonds. The minimum Gasteiger partial charge on any atom is -0.477 e. The molecule has 5 nitrogen and oxygen atoms in total. The predicted octanol–water partition coefficient (Wildman–Crippen LogP) is 2.10. The number of aromatic nitrogens is 2. The average molecular weight is 265 g/mol. The van der Waals surface area contributed by atoms with E-state index in [4.69, 9.17) is 16.7 Å². The van der Waals surface area contributed by atoms with Gasteiger partial charge in [0.15, 0.2) is 0 Å².